The predicted molar refractivity (Wildman–Crippen MR) is 211 cm³/mol. The van der Waals surface area contributed by atoms with Gasteiger partial charge in [-0.05, 0) is 71.5 Å². The van der Waals surface area contributed by atoms with Gasteiger partial charge in [0, 0.05) is 18.7 Å². The van der Waals surface area contributed by atoms with Crippen LogP contribution in [0, 0.1) is 0 Å². The molecule has 278 valence electrons. The Morgan fingerprint density at radius 1 is 0.709 bits per heavy atom. The number of benzene rings is 5. The molecule has 0 saturated carbocycles. The van der Waals surface area contributed by atoms with Crippen molar-refractivity contribution in [2.24, 2.45) is 0 Å². The second-order valence-electron chi connectivity index (χ2n) is 13.7. The van der Waals surface area contributed by atoms with Crippen LogP contribution in [-0.2, 0) is 40.4 Å². The van der Waals surface area contributed by atoms with Crippen molar-refractivity contribution < 1.29 is 19.4 Å². The zero-order valence-electron chi connectivity index (χ0n) is 31.5. The number of hydrogen-bond acceptors (Lipinski definition) is 8. The molecule has 2 aromatic heterocycles. The summed E-state index contributed by atoms with van der Waals surface area (Å²) in [5.41, 5.74) is 4.84. The van der Waals surface area contributed by atoms with Crippen LogP contribution >= 0.6 is 0 Å². The van der Waals surface area contributed by atoms with Crippen LogP contribution in [-0.4, -0.2) is 47.4 Å². The van der Waals surface area contributed by atoms with E-state index in [2.05, 4.69) is 57.8 Å². The van der Waals surface area contributed by atoms with E-state index in [9.17, 15) is 9.90 Å². The molecule has 0 aliphatic heterocycles. The molecule has 0 saturated heterocycles. The smallest absolute Gasteiger partial charge is 0.359 e. The molecule has 2 heterocycles. The van der Waals surface area contributed by atoms with E-state index in [1.54, 1.807) is 13.8 Å². The van der Waals surface area contributed by atoms with Crippen LogP contribution in [0.25, 0.3) is 22.5 Å². The molecule has 0 aliphatic carbocycles. The number of hydrogen-bond donors (Lipinski definition) is 1. The summed E-state index contributed by atoms with van der Waals surface area (Å²) >= 11 is 0. The van der Waals surface area contributed by atoms with Gasteiger partial charge in [0.15, 0.2) is 11.5 Å². The summed E-state index contributed by atoms with van der Waals surface area (Å²) in [5, 5.41) is 24.7. The van der Waals surface area contributed by atoms with Crippen LogP contribution < -0.4 is 0 Å². The van der Waals surface area contributed by atoms with Crippen LogP contribution in [0.1, 0.15) is 72.0 Å². The number of tetrazole rings is 1. The van der Waals surface area contributed by atoms with E-state index in [-0.39, 0.29) is 18.9 Å². The van der Waals surface area contributed by atoms with Gasteiger partial charge in [-0.3, -0.25) is 0 Å². The number of rotatable bonds is 14. The van der Waals surface area contributed by atoms with Crippen LogP contribution in [0.5, 0.6) is 0 Å². The highest BCUT2D eigenvalue weighted by Crippen LogP contribution is 2.43. The third-order valence-electron chi connectivity index (χ3n) is 9.74. The summed E-state index contributed by atoms with van der Waals surface area (Å²) < 4.78 is 15.1. The number of carbonyl (C=O) groups is 1. The molecular formula is C45H44N6O4. The molecule has 10 nitrogen and oxygen atoms in total. The van der Waals surface area contributed by atoms with Crippen molar-refractivity contribution in [2.75, 3.05) is 6.61 Å². The molecule has 0 fully saturated rings. The molecule has 7 aromatic rings. The highest BCUT2D eigenvalue weighted by atomic mass is 16.5. The first-order valence-electron chi connectivity index (χ1n) is 18.5. The third kappa shape index (κ3) is 7.22. The Bertz CT molecular complexity index is 2250. The first-order valence-corrected chi connectivity index (χ1v) is 18.5. The fourth-order valence-electron chi connectivity index (χ4n) is 7.32. The van der Waals surface area contributed by atoms with Gasteiger partial charge < -0.3 is 19.1 Å². The van der Waals surface area contributed by atoms with Gasteiger partial charge >= 0.3 is 5.97 Å². The van der Waals surface area contributed by atoms with Gasteiger partial charge in [-0.15, -0.1) is 5.10 Å². The summed E-state index contributed by atoms with van der Waals surface area (Å²) in [4.78, 5) is 18.0. The number of aromatic nitrogens is 6. The second kappa shape index (κ2) is 16.0. The third-order valence-corrected chi connectivity index (χ3v) is 9.74. The van der Waals surface area contributed by atoms with Crippen molar-refractivity contribution in [3.63, 3.8) is 0 Å². The van der Waals surface area contributed by atoms with Gasteiger partial charge in [0.2, 0.25) is 0 Å². The molecule has 0 aliphatic rings. The topological polar surface area (TPSA) is 117 Å². The number of aliphatic hydroxyl groups is 1. The Balaban J connectivity index is 1.23. The fourth-order valence-corrected chi connectivity index (χ4v) is 7.32. The van der Waals surface area contributed by atoms with Crippen molar-refractivity contribution in [1.29, 1.82) is 0 Å². The summed E-state index contributed by atoms with van der Waals surface area (Å²) in [5.74, 6) is 0.557. The first kappa shape index (κ1) is 37.1. The second-order valence-corrected chi connectivity index (χ2v) is 13.7. The quantitative estimate of drug-likeness (QED) is 0.0879. The van der Waals surface area contributed by atoms with Crippen molar-refractivity contribution in [2.45, 2.75) is 58.6 Å². The molecule has 0 amide bonds. The van der Waals surface area contributed by atoms with E-state index in [0.29, 0.717) is 30.5 Å². The lowest BCUT2D eigenvalue weighted by molar-refractivity contribution is 0.0421. The highest BCUT2D eigenvalue weighted by molar-refractivity contribution is 5.89. The number of carbonyl (C=O) groups excluding carboxylic acids is 1. The molecule has 0 bridgehead atoms. The van der Waals surface area contributed by atoms with Gasteiger partial charge in [0.1, 0.15) is 30.2 Å². The average molecular weight is 733 g/mol. The SMILES string of the molecule is CCOCc1nc(C(=O)OCc2ccc(-c3ccccc3-c3nnnn3C(c3ccccc3)(c3ccccc3)c3ccccc3)cc2)c(C(C)(C)O)n1CC. The summed E-state index contributed by atoms with van der Waals surface area (Å²) in [6, 6.07) is 46.9. The van der Waals surface area contributed by atoms with E-state index >= 15 is 0 Å². The van der Waals surface area contributed by atoms with Gasteiger partial charge in [-0.2, -0.15) is 0 Å². The van der Waals surface area contributed by atoms with E-state index < -0.39 is 17.1 Å². The maximum Gasteiger partial charge on any atom is 0.359 e. The summed E-state index contributed by atoms with van der Waals surface area (Å²) in [6.07, 6.45) is 0. The molecule has 0 atom stereocenters. The maximum atomic E-state index is 13.5. The lowest BCUT2D eigenvalue weighted by atomic mass is 9.77. The summed E-state index contributed by atoms with van der Waals surface area (Å²) in [7, 11) is 0. The molecule has 1 N–H and O–H groups in total. The Labute approximate surface area is 321 Å². The molecule has 0 radical (unpaired) electrons. The fraction of sp³-hybridized carbons (Fsp3) is 0.222. The molecule has 5 aromatic carbocycles. The van der Waals surface area contributed by atoms with Crippen LogP contribution in [0.15, 0.2) is 140 Å². The minimum atomic E-state index is -1.32. The van der Waals surface area contributed by atoms with Crippen molar-refractivity contribution >= 4 is 5.97 Å². The van der Waals surface area contributed by atoms with E-state index in [1.807, 2.05) is 120 Å². The van der Waals surface area contributed by atoms with Crippen LogP contribution in [0.2, 0.25) is 0 Å². The molecule has 10 heteroatoms. The van der Waals surface area contributed by atoms with Gasteiger partial charge in [0.05, 0.1) is 5.69 Å². The first-order chi connectivity index (χ1) is 26.8. The Kier molecular flexibility index (Phi) is 10.8. The van der Waals surface area contributed by atoms with E-state index in [4.69, 9.17) is 14.7 Å². The number of imidazole rings is 1. The molecule has 55 heavy (non-hydrogen) atoms. The minimum Gasteiger partial charge on any atom is -0.456 e. The Morgan fingerprint density at radius 3 is 1.78 bits per heavy atom. The van der Waals surface area contributed by atoms with Crippen LogP contribution in [0.4, 0.5) is 0 Å². The highest BCUT2D eigenvalue weighted by Gasteiger charge is 2.42. The van der Waals surface area contributed by atoms with Crippen molar-refractivity contribution in [3.8, 4) is 22.5 Å². The zero-order chi connectivity index (χ0) is 38.4. The van der Waals surface area contributed by atoms with Crippen molar-refractivity contribution in [3.05, 3.63) is 179 Å². The Hall–Kier alpha value is -6.23. The van der Waals surface area contributed by atoms with E-state index in [1.165, 1.54) is 0 Å². The summed E-state index contributed by atoms with van der Waals surface area (Å²) in [6.45, 7) is 8.37. The van der Waals surface area contributed by atoms with Crippen LogP contribution in [0.3, 0.4) is 0 Å². The number of esters is 1. The minimum absolute atomic E-state index is 0.0256. The predicted octanol–water partition coefficient (Wildman–Crippen LogP) is 8.18. The largest absolute Gasteiger partial charge is 0.456 e. The molecule has 7 rings (SSSR count). The maximum absolute atomic E-state index is 13.5. The molecule has 0 spiro atoms. The normalized spacial score (nSPS) is 11.8. The van der Waals surface area contributed by atoms with Gasteiger partial charge in [0.25, 0.3) is 0 Å². The standard InChI is InChI=1S/C45H44N6O4/c1-5-50-39(31-54-6-2)46-40(41(50)44(3,4)53)43(52)55-30-32-26-28-33(29-27-32)37-24-16-17-25-38(37)42-47-48-49-51(42)45(34-18-10-7-11-19-34,35-20-12-8-13-21-35)36-22-14-9-15-23-36/h7-29,53H,5-6,30-31H2,1-4H3. The Morgan fingerprint density at radius 2 is 1.25 bits per heavy atom. The number of nitrogens with zero attached hydrogens (tertiary/aromatic N) is 6. The molecular weight excluding hydrogens is 689 g/mol. The lowest BCUT2D eigenvalue weighted by Gasteiger charge is -2.36. The number of ether oxygens (including phenoxy) is 2. The zero-order valence-corrected chi connectivity index (χ0v) is 31.5. The average Bonchev–Trinajstić information content (AvgIpc) is 3.87. The monoisotopic (exact) mass is 732 g/mol. The van der Waals surface area contributed by atoms with E-state index in [0.717, 1.165) is 38.9 Å². The van der Waals surface area contributed by atoms with Crippen molar-refractivity contribution in [1.82, 2.24) is 29.8 Å². The lowest BCUT2D eigenvalue weighted by Crippen LogP contribution is -2.39. The van der Waals surface area contributed by atoms with Gasteiger partial charge in [-0.1, -0.05) is 140 Å². The van der Waals surface area contributed by atoms with Gasteiger partial charge in [-0.25, -0.2) is 14.5 Å². The molecule has 0 unspecified atom stereocenters.